The number of benzene rings is 2. The van der Waals surface area contributed by atoms with Crippen molar-refractivity contribution in [2.75, 3.05) is 7.11 Å². The van der Waals surface area contributed by atoms with Gasteiger partial charge in [0.15, 0.2) is 0 Å². The molecule has 2 atom stereocenters. The zero-order valence-electron chi connectivity index (χ0n) is 13.2. The third kappa shape index (κ3) is 3.74. The summed E-state index contributed by atoms with van der Waals surface area (Å²) in [6.45, 7) is 4.48. The highest BCUT2D eigenvalue weighted by Gasteiger charge is 2.16. The number of hydrazine groups is 1. The van der Waals surface area contributed by atoms with Gasteiger partial charge in [-0.1, -0.05) is 44.5 Å². The molecule has 21 heavy (non-hydrogen) atoms. The van der Waals surface area contributed by atoms with Crippen LogP contribution in [0.5, 0.6) is 5.75 Å². The molecule has 0 saturated heterocycles. The first-order chi connectivity index (χ1) is 10.2. The first kappa shape index (κ1) is 15.8. The summed E-state index contributed by atoms with van der Waals surface area (Å²) in [4.78, 5) is 0. The molecule has 0 aliphatic rings. The number of fused-ring (bicyclic) bond motifs is 1. The van der Waals surface area contributed by atoms with E-state index in [1.807, 2.05) is 6.07 Å². The van der Waals surface area contributed by atoms with E-state index >= 15 is 0 Å². The Morgan fingerprint density at radius 3 is 2.71 bits per heavy atom. The maximum absolute atomic E-state index is 5.78. The summed E-state index contributed by atoms with van der Waals surface area (Å²) in [6, 6.07) is 13.0. The van der Waals surface area contributed by atoms with Crippen molar-refractivity contribution in [3.05, 3.63) is 42.0 Å². The van der Waals surface area contributed by atoms with Gasteiger partial charge in [-0.2, -0.15) is 0 Å². The molecular weight excluding hydrogens is 260 g/mol. The SMILES string of the molecule is CCCC(C)C(Cc1cccc2ccc(OC)cc12)NN. The van der Waals surface area contributed by atoms with Crippen molar-refractivity contribution in [1.82, 2.24) is 5.43 Å². The quantitative estimate of drug-likeness (QED) is 0.603. The van der Waals surface area contributed by atoms with Gasteiger partial charge in [0.1, 0.15) is 5.75 Å². The molecule has 2 rings (SSSR count). The Morgan fingerprint density at radius 1 is 1.24 bits per heavy atom. The van der Waals surface area contributed by atoms with E-state index in [0.717, 1.165) is 12.2 Å². The molecule has 0 radical (unpaired) electrons. The Balaban J connectivity index is 2.32. The van der Waals surface area contributed by atoms with Gasteiger partial charge in [-0.15, -0.1) is 0 Å². The van der Waals surface area contributed by atoms with Gasteiger partial charge in [0.25, 0.3) is 0 Å². The van der Waals surface area contributed by atoms with Crippen molar-refractivity contribution in [2.45, 2.75) is 39.2 Å². The second-order valence-electron chi connectivity index (χ2n) is 5.75. The fourth-order valence-electron chi connectivity index (χ4n) is 2.94. The number of hydrogen-bond donors (Lipinski definition) is 2. The van der Waals surface area contributed by atoms with Crippen LogP contribution >= 0.6 is 0 Å². The first-order valence-corrected chi connectivity index (χ1v) is 7.71. The zero-order chi connectivity index (χ0) is 15.2. The van der Waals surface area contributed by atoms with Crippen LogP contribution < -0.4 is 16.0 Å². The van der Waals surface area contributed by atoms with E-state index in [4.69, 9.17) is 10.6 Å². The van der Waals surface area contributed by atoms with Crippen molar-refractivity contribution in [3.8, 4) is 5.75 Å². The standard InChI is InChI=1S/C18H26N2O/c1-4-6-13(2)18(20-19)11-15-8-5-7-14-9-10-16(21-3)12-17(14)15/h5,7-10,12-13,18,20H,4,6,11,19H2,1-3H3. The molecule has 0 spiro atoms. The molecule has 0 bridgehead atoms. The minimum Gasteiger partial charge on any atom is -0.497 e. The Labute approximate surface area is 127 Å². The second-order valence-corrected chi connectivity index (χ2v) is 5.75. The second kappa shape index (κ2) is 7.43. The van der Waals surface area contributed by atoms with Crippen LogP contribution in [0.2, 0.25) is 0 Å². The van der Waals surface area contributed by atoms with E-state index in [2.05, 4.69) is 49.6 Å². The van der Waals surface area contributed by atoms with Crippen LogP contribution in [0.3, 0.4) is 0 Å². The fourth-order valence-corrected chi connectivity index (χ4v) is 2.94. The van der Waals surface area contributed by atoms with Crippen molar-refractivity contribution >= 4 is 10.8 Å². The van der Waals surface area contributed by atoms with Gasteiger partial charge in [-0.3, -0.25) is 11.3 Å². The van der Waals surface area contributed by atoms with Crippen molar-refractivity contribution < 1.29 is 4.74 Å². The van der Waals surface area contributed by atoms with E-state index in [1.165, 1.54) is 29.2 Å². The summed E-state index contributed by atoms with van der Waals surface area (Å²) in [5.41, 5.74) is 4.31. The molecule has 0 heterocycles. The Morgan fingerprint density at radius 2 is 2.05 bits per heavy atom. The van der Waals surface area contributed by atoms with Gasteiger partial charge in [-0.25, -0.2) is 0 Å². The van der Waals surface area contributed by atoms with E-state index in [0.29, 0.717) is 12.0 Å². The Hall–Kier alpha value is -1.58. The summed E-state index contributed by atoms with van der Waals surface area (Å²) in [7, 11) is 1.71. The topological polar surface area (TPSA) is 47.3 Å². The highest BCUT2D eigenvalue weighted by Crippen LogP contribution is 2.26. The molecule has 2 aromatic rings. The fraction of sp³-hybridized carbons (Fsp3) is 0.444. The lowest BCUT2D eigenvalue weighted by Gasteiger charge is -2.23. The molecule has 2 unspecified atom stereocenters. The molecule has 0 fully saturated rings. The van der Waals surface area contributed by atoms with Gasteiger partial charge >= 0.3 is 0 Å². The predicted molar refractivity (Wildman–Crippen MR) is 89.4 cm³/mol. The van der Waals surface area contributed by atoms with Crippen molar-refractivity contribution in [2.24, 2.45) is 11.8 Å². The van der Waals surface area contributed by atoms with Crippen LogP contribution in [0.25, 0.3) is 10.8 Å². The molecule has 0 saturated carbocycles. The van der Waals surface area contributed by atoms with Crippen LogP contribution in [0.1, 0.15) is 32.3 Å². The summed E-state index contributed by atoms with van der Waals surface area (Å²) < 4.78 is 5.35. The number of rotatable bonds is 7. The lowest BCUT2D eigenvalue weighted by molar-refractivity contribution is 0.357. The number of methoxy groups -OCH3 is 1. The van der Waals surface area contributed by atoms with Crippen LogP contribution in [0, 0.1) is 5.92 Å². The third-order valence-electron chi connectivity index (χ3n) is 4.26. The van der Waals surface area contributed by atoms with Crippen LogP contribution in [-0.4, -0.2) is 13.2 Å². The average Bonchev–Trinajstić information content (AvgIpc) is 2.52. The third-order valence-corrected chi connectivity index (χ3v) is 4.26. The minimum atomic E-state index is 0.293. The maximum Gasteiger partial charge on any atom is 0.119 e. The average molecular weight is 286 g/mol. The summed E-state index contributed by atoms with van der Waals surface area (Å²) in [6.07, 6.45) is 3.30. The summed E-state index contributed by atoms with van der Waals surface area (Å²) in [5, 5.41) is 2.49. The number of ether oxygens (including phenoxy) is 1. The highest BCUT2D eigenvalue weighted by molar-refractivity contribution is 5.87. The predicted octanol–water partition coefficient (Wildman–Crippen LogP) is 3.66. The molecule has 114 valence electrons. The highest BCUT2D eigenvalue weighted by atomic mass is 16.5. The lowest BCUT2D eigenvalue weighted by Crippen LogP contribution is -2.41. The van der Waals surface area contributed by atoms with Gasteiger partial charge in [0, 0.05) is 6.04 Å². The Bertz CT molecular complexity index is 582. The molecular formula is C18H26N2O. The minimum absolute atomic E-state index is 0.293. The van der Waals surface area contributed by atoms with Crippen molar-refractivity contribution in [3.63, 3.8) is 0 Å². The van der Waals surface area contributed by atoms with E-state index in [9.17, 15) is 0 Å². The molecule has 0 amide bonds. The molecule has 2 aromatic carbocycles. The lowest BCUT2D eigenvalue weighted by atomic mass is 9.90. The monoisotopic (exact) mass is 286 g/mol. The van der Waals surface area contributed by atoms with E-state index < -0.39 is 0 Å². The Kier molecular flexibility index (Phi) is 5.59. The normalized spacial score (nSPS) is 14.1. The number of nitrogens with one attached hydrogen (secondary N) is 1. The molecule has 3 nitrogen and oxygen atoms in total. The number of nitrogens with two attached hydrogens (primary N) is 1. The van der Waals surface area contributed by atoms with Gasteiger partial charge in [0.05, 0.1) is 7.11 Å². The van der Waals surface area contributed by atoms with Gasteiger partial charge < -0.3 is 4.74 Å². The summed E-state index contributed by atoms with van der Waals surface area (Å²) in [5.74, 6) is 7.23. The van der Waals surface area contributed by atoms with Gasteiger partial charge in [0.2, 0.25) is 0 Å². The number of hydrogen-bond acceptors (Lipinski definition) is 3. The largest absolute Gasteiger partial charge is 0.497 e. The van der Waals surface area contributed by atoms with E-state index in [-0.39, 0.29) is 0 Å². The smallest absolute Gasteiger partial charge is 0.119 e. The molecule has 0 aliphatic carbocycles. The maximum atomic E-state index is 5.78. The molecule has 0 aliphatic heterocycles. The summed E-state index contributed by atoms with van der Waals surface area (Å²) >= 11 is 0. The van der Waals surface area contributed by atoms with Crippen LogP contribution in [-0.2, 0) is 6.42 Å². The van der Waals surface area contributed by atoms with Crippen LogP contribution in [0.15, 0.2) is 36.4 Å². The molecule has 3 heteroatoms. The van der Waals surface area contributed by atoms with Crippen molar-refractivity contribution in [1.29, 1.82) is 0 Å². The molecule has 3 N–H and O–H groups in total. The zero-order valence-corrected chi connectivity index (χ0v) is 13.2. The first-order valence-electron chi connectivity index (χ1n) is 7.71. The molecule has 0 aromatic heterocycles. The van der Waals surface area contributed by atoms with E-state index in [1.54, 1.807) is 7.11 Å². The van der Waals surface area contributed by atoms with Gasteiger partial charge in [-0.05, 0) is 47.2 Å². The van der Waals surface area contributed by atoms with Crippen LogP contribution in [0.4, 0.5) is 0 Å².